The second-order valence-corrected chi connectivity index (χ2v) is 7.95. The molecule has 0 radical (unpaired) electrons. The minimum Gasteiger partial charge on any atom is -0.459 e. The number of rotatable bonds is 4. The van der Waals surface area contributed by atoms with Gasteiger partial charge in [-0.3, -0.25) is 14.0 Å². The largest absolute Gasteiger partial charge is 0.459 e. The molecule has 0 aliphatic heterocycles. The average Bonchev–Trinajstić information content (AvgIpc) is 2.74. The molecule has 5 nitrogen and oxygen atoms in total. The zero-order valence-corrected chi connectivity index (χ0v) is 18.2. The summed E-state index contributed by atoms with van der Waals surface area (Å²) in [5.74, 6) is -0.438. The van der Waals surface area contributed by atoms with Gasteiger partial charge in [-0.15, -0.1) is 0 Å². The fourth-order valence-electron chi connectivity index (χ4n) is 3.48. The number of fused-ring (bicyclic) bond motifs is 1. The van der Waals surface area contributed by atoms with Crippen LogP contribution in [0.15, 0.2) is 65.6 Å². The predicted molar refractivity (Wildman–Crippen MR) is 122 cm³/mol. The Morgan fingerprint density at radius 2 is 1.58 bits per heavy atom. The molecule has 0 aliphatic carbocycles. The third kappa shape index (κ3) is 4.23. The van der Waals surface area contributed by atoms with Gasteiger partial charge < -0.3 is 4.74 Å². The van der Waals surface area contributed by atoms with Crippen LogP contribution in [0.5, 0.6) is 0 Å². The van der Waals surface area contributed by atoms with E-state index in [9.17, 15) is 9.59 Å². The molecule has 0 fully saturated rings. The lowest BCUT2D eigenvalue weighted by Gasteiger charge is -2.14. The average molecular weight is 433 g/mol. The standard InChI is InChI=1S/C25H21ClN2O3/c1-15-4-8-18(9-5-15)21-12-20(26)13-28-24(21)27-22(14-31-17(3)29)23(25(28)30)19-10-6-16(2)7-11-19/h4-13H,14H2,1-3H3. The maximum Gasteiger partial charge on any atom is 0.303 e. The van der Waals surface area contributed by atoms with Crippen LogP contribution in [0.4, 0.5) is 0 Å². The smallest absolute Gasteiger partial charge is 0.303 e. The summed E-state index contributed by atoms with van der Waals surface area (Å²) in [5, 5.41) is 0.426. The first-order valence-corrected chi connectivity index (χ1v) is 10.2. The van der Waals surface area contributed by atoms with Crippen molar-refractivity contribution < 1.29 is 9.53 Å². The molecule has 6 heteroatoms. The fourth-order valence-corrected chi connectivity index (χ4v) is 3.69. The SMILES string of the molecule is CC(=O)OCc1nc2c(-c3ccc(C)cc3)cc(Cl)cn2c(=O)c1-c1ccc(C)cc1. The number of ether oxygens (including phenoxy) is 1. The van der Waals surface area contributed by atoms with Gasteiger partial charge in [0.25, 0.3) is 5.56 Å². The molecule has 2 aromatic heterocycles. The van der Waals surface area contributed by atoms with Gasteiger partial charge >= 0.3 is 5.97 Å². The summed E-state index contributed by atoms with van der Waals surface area (Å²) < 4.78 is 6.69. The number of esters is 1. The van der Waals surface area contributed by atoms with Crippen LogP contribution in [0.3, 0.4) is 0 Å². The number of aromatic nitrogens is 2. The zero-order valence-electron chi connectivity index (χ0n) is 17.5. The van der Waals surface area contributed by atoms with E-state index in [4.69, 9.17) is 21.3 Å². The van der Waals surface area contributed by atoms with E-state index < -0.39 is 5.97 Å². The molecule has 2 heterocycles. The van der Waals surface area contributed by atoms with E-state index in [1.54, 1.807) is 12.3 Å². The zero-order chi connectivity index (χ0) is 22.1. The van der Waals surface area contributed by atoms with Crippen LogP contribution in [-0.4, -0.2) is 15.4 Å². The van der Waals surface area contributed by atoms with Gasteiger partial charge in [0.15, 0.2) is 0 Å². The van der Waals surface area contributed by atoms with E-state index in [-0.39, 0.29) is 12.2 Å². The van der Waals surface area contributed by atoms with Crippen LogP contribution in [0.2, 0.25) is 5.02 Å². The Bertz CT molecular complexity index is 1340. The summed E-state index contributed by atoms with van der Waals surface area (Å²) >= 11 is 6.38. The molecular formula is C25H21ClN2O3. The Labute approximate surface area is 184 Å². The molecule has 0 spiro atoms. The molecule has 0 bridgehead atoms. The summed E-state index contributed by atoms with van der Waals surface area (Å²) in [5.41, 5.74) is 5.49. The van der Waals surface area contributed by atoms with Gasteiger partial charge in [0.2, 0.25) is 0 Å². The second kappa shape index (κ2) is 8.36. The van der Waals surface area contributed by atoms with Crippen LogP contribution < -0.4 is 5.56 Å². The molecule has 2 aromatic carbocycles. The minimum atomic E-state index is -0.438. The maximum absolute atomic E-state index is 13.6. The monoisotopic (exact) mass is 432 g/mol. The summed E-state index contributed by atoms with van der Waals surface area (Å²) in [6, 6.07) is 17.3. The topological polar surface area (TPSA) is 60.7 Å². The molecule has 0 saturated carbocycles. The molecule has 4 aromatic rings. The second-order valence-electron chi connectivity index (χ2n) is 7.52. The van der Waals surface area contributed by atoms with Gasteiger partial charge in [0.05, 0.1) is 16.3 Å². The van der Waals surface area contributed by atoms with Crippen molar-refractivity contribution in [1.29, 1.82) is 0 Å². The van der Waals surface area contributed by atoms with Crippen LogP contribution >= 0.6 is 11.6 Å². The highest BCUT2D eigenvalue weighted by Gasteiger charge is 2.19. The lowest BCUT2D eigenvalue weighted by Crippen LogP contribution is -2.21. The number of carbonyl (C=O) groups excluding carboxylic acids is 1. The quantitative estimate of drug-likeness (QED) is 0.407. The number of benzene rings is 2. The van der Waals surface area contributed by atoms with Crippen LogP contribution in [-0.2, 0) is 16.1 Å². The number of hydrogen-bond donors (Lipinski definition) is 0. The predicted octanol–water partition coefficient (Wildman–Crippen LogP) is 5.36. The first-order chi connectivity index (χ1) is 14.8. The highest BCUT2D eigenvalue weighted by molar-refractivity contribution is 6.30. The Balaban J connectivity index is 2.03. The Morgan fingerprint density at radius 3 is 2.16 bits per heavy atom. The highest BCUT2D eigenvalue weighted by Crippen LogP contribution is 2.29. The molecule has 0 saturated heterocycles. The van der Waals surface area contributed by atoms with Crippen molar-refractivity contribution in [3.8, 4) is 22.3 Å². The van der Waals surface area contributed by atoms with Crippen molar-refractivity contribution in [3.63, 3.8) is 0 Å². The molecule has 31 heavy (non-hydrogen) atoms. The normalized spacial score (nSPS) is 11.0. The van der Waals surface area contributed by atoms with Crippen molar-refractivity contribution in [2.45, 2.75) is 27.4 Å². The van der Waals surface area contributed by atoms with E-state index in [2.05, 4.69) is 0 Å². The van der Waals surface area contributed by atoms with Gasteiger partial charge in [0, 0.05) is 18.7 Å². The van der Waals surface area contributed by atoms with Crippen LogP contribution in [0, 0.1) is 13.8 Å². The van der Waals surface area contributed by atoms with Gasteiger partial charge in [0.1, 0.15) is 12.3 Å². The lowest BCUT2D eigenvalue weighted by atomic mass is 10.0. The third-order valence-corrected chi connectivity index (χ3v) is 5.29. The van der Waals surface area contributed by atoms with Gasteiger partial charge in [-0.2, -0.15) is 0 Å². The van der Waals surface area contributed by atoms with Gasteiger partial charge in [-0.25, -0.2) is 4.98 Å². The highest BCUT2D eigenvalue weighted by atomic mass is 35.5. The third-order valence-electron chi connectivity index (χ3n) is 5.08. The molecule has 156 valence electrons. The summed E-state index contributed by atoms with van der Waals surface area (Å²) in [4.78, 5) is 29.8. The van der Waals surface area contributed by atoms with Crippen LogP contribution in [0.1, 0.15) is 23.7 Å². The molecule has 0 unspecified atom stereocenters. The molecule has 0 N–H and O–H groups in total. The van der Waals surface area contributed by atoms with Gasteiger partial charge in [-0.05, 0) is 31.0 Å². The van der Waals surface area contributed by atoms with Crippen molar-refractivity contribution >= 4 is 23.2 Å². The minimum absolute atomic E-state index is 0.0970. The molecule has 0 amide bonds. The molecule has 4 rings (SSSR count). The van der Waals surface area contributed by atoms with Crippen molar-refractivity contribution in [2.75, 3.05) is 0 Å². The Kier molecular flexibility index (Phi) is 5.61. The van der Waals surface area contributed by atoms with Crippen molar-refractivity contribution in [2.24, 2.45) is 0 Å². The molecule has 0 aliphatic rings. The summed E-state index contributed by atoms with van der Waals surface area (Å²) in [6.07, 6.45) is 1.57. The number of halogens is 1. The first kappa shape index (κ1) is 20.8. The number of aryl methyl sites for hydroxylation is 2. The number of carbonyl (C=O) groups is 1. The van der Waals surface area contributed by atoms with E-state index in [0.29, 0.717) is 27.5 Å². The van der Waals surface area contributed by atoms with E-state index in [0.717, 1.165) is 22.3 Å². The van der Waals surface area contributed by atoms with Crippen LogP contribution in [0.25, 0.3) is 27.9 Å². The number of pyridine rings is 1. The first-order valence-electron chi connectivity index (χ1n) is 9.85. The number of hydrogen-bond acceptors (Lipinski definition) is 4. The fraction of sp³-hybridized carbons (Fsp3) is 0.160. The molecular weight excluding hydrogens is 412 g/mol. The lowest BCUT2D eigenvalue weighted by molar-refractivity contribution is -0.142. The summed E-state index contributed by atoms with van der Waals surface area (Å²) in [7, 11) is 0. The van der Waals surface area contributed by atoms with Crippen molar-refractivity contribution in [3.05, 3.63) is 93.0 Å². The van der Waals surface area contributed by atoms with E-state index in [1.807, 2.05) is 62.4 Å². The van der Waals surface area contributed by atoms with E-state index in [1.165, 1.54) is 11.3 Å². The maximum atomic E-state index is 13.6. The number of nitrogens with zero attached hydrogens (tertiary/aromatic N) is 2. The Hall–Kier alpha value is -3.44. The molecule has 0 atom stereocenters. The van der Waals surface area contributed by atoms with Gasteiger partial charge in [-0.1, -0.05) is 71.3 Å². The Morgan fingerprint density at radius 1 is 1.00 bits per heavy atom. The summed E-state index contributed by atoms with van der Waals surface area (Å²) in [6.45, 7) is 5.22. The van der Waals surface area contributed by atoms with E-state index >= 15 is 0 Å². The van der Waals surface area contributed by atoms with Crippen molar-refractivity contribution in [1.82, 2.24) is 9.38 Å².